The second-order valence-corrected chi connectivity index (χ2v) is 6.48. The zero-order valence-corrected chi connectivity index (χ0v) is 14.2. The summed E-state index contributed by atoms with van der Waals surface area (Å²) in [5.74, 6) is 1.82. The van der Waals surface area contributed by atoms with E-state index >= 15 is 0 Å². The summed E-state index contributed by atoms with van der Waals surface area (Å²) in [6.07, 6.45) is 5.51. The summed E-state index contributed by atoms with van der Waals surface area (Å²) in [7, 11) is 0. The number of amides is 1. The minimum absolute atomic E-state index is 0.0191. The standard InChI is InChI=1S/C19H24N2O3/c1-14(2)12-16(21-8-3-4-9-21)19(22)20-15-6-7-17-18(13-15)24-11-5-10-23-17/h3-4,6-9,13-14,16H,5,10-12H2,1-2H3,(H,20,22)/t16-/m0/s1. The van der Waals surface area contributed by atoms with Crippen molar-refractivity contribution in [3.8, 4) is 11.5 Å². The van der Waals surface area contributed by atoms with Gasteiger partial charge in [0.1, 0.15) is 6.04 Å². The Morgan fingerprint density at radius 2 is 1.88 bits per heavy atom. The summed E-state index contributed by atoms with van der Waals surface area (Å²) >= 11 is 0. The maximum atomic E-state index is 12.8. The maximum Gasteiger partial charge on any atom is 0.247 e. The average molecular weight is 328 g/mol. The summed E-state index contributed by atoms with van der Waals surface area (Å²) in [6.45, 7) is 5.53. The van der Waals surface area contributed by atoms with Crippen LogP contribution in [0.15, 0.2) is 42.7 Å². The Kier molecular flexibility index (Phi) is 5.08. The summed E-state index contributed by atoms with van der Waals surface area (Å²) in [5.41, 5.74) is 0.727. The van der Waals surface area contributed by atoms with Crippen molar-refractivity contribution >= 4 is 11.6 Å². The van der Waals surface area contributed by atoms with Crippen molar-refractivity contribution in [3.05, 3.63) is 42.7 Å². The number of benzene rings is 1. The van der Waals surface area contributed by atoms with Crippen LogP contribution in [0.2, 0.25) is 0 Å². The van der Waals surface area contributed by atoms with Crippen LogP contribution in [0.25, 0.3) is 0 Å². The van der Waals surface area contributed by atoms with Crippen LogP contribution in [0.1, 0.15) is 32.7 Å². The zero-order chi connectivity index (χ0) is 16.9. The first kappa shape index (κ1) is 16.4. The number of rotatable bonds is 5. The predicted octanol–water partition coefficient (Wildman–Crippen LogP) is 3.88. The largest absolute Gasteiger partial charge is 0.490 e. The van der Waals surface area contributed by atoms with Crippen LogP contribution in [0.5, 0.6) is 11.5 Å². The molecule has 0 unspecified atom stereocenters. The van der Waals surface area contributed by atoms with E-state index in [9.17, 15) is 4.79 Å². The zero-order valence-electron chi connectivity index (χ0n) is 14.2. The fourth-order valence-corrected chi connectivity index (χ4v) is 2.83. The van der Waals surface area contributed by atoms with E-state index in [0.717, 1.165) is 24.3 Å². The van der Waals surface area contributed by atoms with Gasteiger partial charge in [-0.25, -0.2) is 0 Å². The normalized spacial score (nSPS) is 15.0. The van der Waals surface area contributed by atoms with Gasteiger partial charge in [-0.05, 0) is 36.6 Å². The number of hydrogen-bond donors (Lipinski definition) is 1. The molecule has 1 N–H and O–H groups in total. The van der Waals surface area contributed by atoms with E-state index in [-0.39, 0.29) is 11.9 Å². The fraction of sp³-hybridized carbons (Fsp3) is 0.421. The van der Waals surface area contributed by atoms with Crippen molar-refractivity contribution in [2.24, 2.45) is 5.92 Å². The minimum atomic E-state index is -0.226. The molecule has 0 aliphatic carbocycles. The summed E-state index contributed by atoms with van der Waals surface area (Å²) in [5, 5.41) is 3.01. The second kappa shape index (κ2) is 7.43. The van der Waals surface area contributed by atoms with Crippen molar-refractivity contribution in [2.75, 3.05) is 18.5 Å². The molecule has 128 valence electrons. The summed E-state index contributed by atoms with van der Waals surface area (Å²) < 4.78 is 13.3. The highest BCUT2D eigenvalue weighted by Gasteiger charge is 2.21. The van der Waals surface area contributed by atoms with Gasteiger partial charge in [-0.3, -0.25) is 4.79 Å². The van der Waals surface area contributed by atoms with Crippen LogP contribution in [0.3, 0.4) is 0 Å². The highest BCUT2D eigenvalue weighted by atomic mass is 16.5. The van der Waals surface area contributed by atoms with Crippen molar-refractivity contribution in [3.63, 3.8) is 0 Å². The predicted molar refractivity (Wildman–Crippen MR) is 93.6 cm³/mol. The second-order valence-electron chi connectivity index (χ2n) is 6.48. The quantitative estimate of drug-likeness (QED) is 0.906. The molecule has 1 aliphatic heterocycles. The molecule has 2 heterocycles. The molecule has 2 aromatic rings. The average Bonchev–Trinajstić information content (AvgIpc) is 2.98. The summed E-state index contributed by atoms with van der Waals surface area (Å²) in [4.78, 5) is 12.8. The Morgan fingerprint density at radius 3 is 2.58 bits per heavy atom. The molecule has 0 saturated heterocycles. The molecule has 0 bridgehead atoms. The van der Waals surface area contributed by atoms with Crippen LogP contribution in [0.4, 0.5) is 5.69 Å². The number of carbonyl (C=O) groups is 1. The third-order valence-corrected chi connectivity index (χ3v) is 4.00. The SMILES string of the molecule is CC(C)C[C@@H](C(=O)Nc1ccc2c(c1)OCCCO2)n1cccc1. The lowest BCUT2D eigenvalue weighted by Gasteiger charge is -2.21. The van der Waals surface area contributed by atoms with Crippen molar-refractivity contribution in [1.82, 2.24) is 4.57 Å². The van der Waals surface area contributed by atoms with Crippen LogP contribution in [0, 0.1) is 5.92 Å². The van der Waals surface area contributed by atoms with Crippen molar-refractivity contribution in [2.45, 2.75) is 32.7 Å². The van der Waals surface area contributed by atoms with Crippen LogP contribution in [-0.2, 0) is 4.79 Å². The highest BCUT2D eigenvalue weighted by molar-refractivity contribution is 5.94. The lowest BCUT2D eigenvalue weighted by Crippen LogP contribution is -2.26. The Bertz CT molecular complexity index is 680. The number of carbonyl (C=O) groups excluding carboxylic acids is 1. The molecule has 0 spiro atoms. The van der Waals surface area contributed by atoms with E-state index in [1.165, 1.54) is 0 Å². The van der Waals surface area contributed by atoms with Gasteiger partial charge in [0.05, 0.1) is 13.2 Å². The number of anilines is 1. The van der Waals surface area contributed by atoms with Crippen molar-refractivity contribution < 1.29 is 14.3 Å². The van der Waals surface area contributed by atoms with Gasteiger partial charge in [0, 0.05) is 30.6 Å². The van der Waals surface area contributed by atoms with E-state index in [0.29, 0.717) is 24.9 Å². The molecule has 3 rings (SSSR count). The third-order valence-electron chi connectivity index (χ3n) is 4.00. The highest BCUT2D eigenvalue weighted by Crippen LogP contribution is 2.32. The van der Waals surface area contributed by atoms with Gasteiger partial charge in [-0.2, -0.15) is 0 Å². The molecule has 5 nitrogen and oxygen atoms in total. The van der Waals surface area contributed by atoms with Crippen LogP contribution >= 0.6 is 0 Å². The number of hydrogen-bond acceptors (Lipinski definition) is 3. The first-order valence-corrected chi connectivity index (χ1v) is 8.46. The van der Waals surface area contributed by atoms with Gasteiger partial charge in [0.15, 0.2) is 11.5 Å². The maximum absolute atomic E-state index is 12.8. The first-order valence-electron chi connectivity index (χ1n) is 8.46. The van der Waals surface area contributed by atoms with Gasteiger partial charge in [-0.15, -0.1) is 0 Å². The third kappa shape index (κ3) is 3.91. The van der Waals surface area contributed by atoms with Gasteiger partial charge >= 0.3 is 0 Å². The lowest BCUT2D eigenvalue weighted by atomic mass is 10.0. The number of nitrogens with one attached hydrogen (secondary N) is 1. The molecule has 5 heteroatoms. The van der Waals surface area contributed by atoms with Gasteiger partial charge in [0.2, 0.25) is 5.91 Å². The van der Waals surface area contributed by atoms with Gasteiger partial charge in [-0.1, -0.05) is 13.8 Å². The number of nitrogens with zero attached hydrogens (tertiary/aromatic N) is 1. The Balaban J connectivity index is 1.76. The Morgan fingerprint density at radius 1 is 1.17 bits per heavy atom. The summed E-state index contributed by atoms with van der Waals surface area (Å²) in [6, 6.07) is 9.19. The number of ether oxygens (including phenoxy) is 2. The molecular formula is C19H24N2O3. The van der Waals surface area contributed by atoms with Gasteiger partial charge in [0.25, 0.3) is 0 Å². The van der Waals surface area contributed by atoms with E-state index < -0.39 is 0 Å². The molecule has 0 saturated carbocycles. The Hall–Kier alpha value is -2.43. The van der Waals surface area contributed by atoms with Gasteiger partial charge < -0.3 is 19.4 Å². The van der Waals surface area contributed by atoms with E-state index in [2.05, 4.69) is 19.2 Å². The molecule has 1 aliphatic rings. The van der Waals surface area contributed by atoms with Crippen LogP contribution in [-0.4, -0.2) is 23.7 Å². The molecule has 1 atom stereocenters. The smallest absolute Gasteiger partial charge is 0.247 e. The molecule has 24 heavy (non-hydrogen) atoms. The minimum Gasteiger partial charge on any atom is -0.490 e. The van der Waals surface area contributed by atoms with E-state index in [4.69, 9.17) is 9.47 Å². The topological polar surface area (TPSA) is 52.5 Å². The number of fused-ring (bicyclic) bond motifs is 1. The monoisotopic (exact) mass is 328 g/mol. The molecule has 0 fully saturated rings. The van der Waals surface area contributed by atoms with Crippen molar-refractivity contribution in [1.29, 1.82) is 0 Å². The van der Waals surface area contributed by atoms with Crippen LogP contribution < -0.4 is 14.8 Å². The number of aromatic nitrogens is 1. The fourth-order valence-electron chi connectivity index (χ4n) is 2.83. The molecule has 1 aromatic heterocycles. The molecule has 1 amide bonds. The molecule has 0 radical (unpaired) electrons. The van der Waals surface area contributed by atoms with E-state index in [1.54, 1.807) is 0 Å². The Labute approximate surface area is 142 Å². The lowest BCUT2D eigenvalue weighted by molar-refractivity contribution is -0.119. The first-order chi connectivity index (χ1) is 11.6. The molecular weight excluding hydrogens is 304 g/mol. The van der Waals surface area contributed by atoms with E-state index in [1.807, 2.05) is 47.3 Å². The molecule has 1 aromatic carbocycles.